The Kier molecular flexibility index (Phi) is 3.13. The molecule has 0 unspecified atom stereocenters. The van der Waals surface area contributed by atoms with Crippen molar-refractivity contribution in [2.75, 3.05) is 0 Å². The minimum atomic E-state index is 0.0391. The Bertz CT molecular complexity index is 1380. The molecule has 3 heteroatoms. The SMILES string of the molecule is Cc1c2c(c3c4c(cccc14)CC3)Oc1cc(C(C)(C)C)cc3nc[n+](C)c-2c13. The number of hydrogen-bond acceptors (Lipinski definition) is 2. The molecule has 29 heavy (non-hydrogen) atoms. The molecule has 0 radical (unpaired) electrons. The topological polar surface area (TPSA) is 26.0 Å². The molecule has 6 rings (SSSR count). The van der Waals surface area contributed by atoms with Gasteiger partial charge in [0.15, 0.2) is 11.2 Å². The molecule has 0 fully saturated rings. The highest BCUT2D eigenvalue weighted by Crippen LogP contribution is 2.52. The van der Waals surface area contributed by atoms with E-state index in [1.54, 1.807) is 0 Å². The van der Waals surface area contributed by atoms with Gasteiger partial charge in [-0.05, 0) is 69.8 Å². The van der Waals surface area contributed by atoms with Gasteiger partial charge >= 0.3 is 0 Å². The van der Waals surface area contributed by atoms with Gasteiger partial charge in [-0.15, -0.1) is 0 Å². The van der Waals surface area contributed by atoms with E-state index in [1.165, 1.54) is 44.3 Å². The van der Waals surface area contributed by atoms with E-state index in [1.807, 2.05) is 6.33 Å². The number of ether oxygens (including phenoxy) is 1. The third-order valence-electron chi connectivity index (χ3n) is 6.73. The summed E-state index contributed by atoms with van der Waals surface area (Å²) in [5, 5.41) is 3.89. The number of benzene rings is 3. The van der Waals surface area contributed by atoms with Gasteiger partial charge in [-0.2, -0.15) is 0 Å². The van der Waals surface area contributed by atoms with E-state index >= 15 is 0 Å². The van der Waals surface area contributed by atoms with Crippen LogP contribution in [-0.4, -0.2) is 4.98 Å². The average molecular weight is 381 g/mol. The summed E-state index contributed by atoms with van der Waals surface area (Å²) in [5.74, 6) is 2.00. The van der Waals surface area contributed by atoms with Gasteiger partial charge in [-0.1, -0.05) is 39.0 Å². The van der Waals surface area contributed by atoms with E-state index in [9.17, 15) is 0 Å². The van der Waals surface area contributed by atoms with Gasteiger partial charge < -0.3 is 4.74 Å². The minimum Gasteiger partial charge on any atom is -0.455 e. The summed E-state index contributed by atoms with van der Waals surface area (Å²) < 4.78 is 8.89. The molecule has 0 bridgehead atoms. The normalized spacial score (nSPS) is 14.4. The summed E-state index contributed by atoms with van der Waals surface area (Å²) in [4.78, 5) is 4.76. The van der Waals surface area contributed by atoms with Gasteiger partial charge in [-0.25, -0.2) is 4.57 Å². The number of rotatable bonds is 0. The molecule has 3 nitrogen and oxygen atoms in total. The Morgan fingerprint density at radius 2 is 1.90 bits per heavy atom. The number of nitrogens with zero attached hydrogens (tertiary/aromatic N) is 2. The zero-order chi connectivity index (χ0) is 20.1. The van der Waals surface area contributed by atoms with Crippen molar-refractivity contribution in [3.8, 4) is 22.8 Å². The molecule has 0 amide bonds. The Balaban J connectivity index is 1.80. The molecular weight excluding hydrogens is 356 g/mol. The average Bonchev–Trinajstić information content (AvgIpc) is 3.12. The molecule has 3 aromatic carbocycles. The molecule has 0 saturated carbocycles. The Morgan fingerprint density at radius 3 is 2.69 bits per heavy atom. The van der Waals surface area contributed by atoms with Crippen molar-refractivity contribution < 1.29 is 9.30 Å². The predicted octanol–water partition coefficient (Wildman–Crippen LogP) is 5.69. The van der Waals surface area contributed by atoms with Crippen LogP contribution in [0.15, 0.2) is 36.7 Å². The van der Waals surface area contributed by atoms with Crippen LogP contribution in [0.3, 0.4) is 0 Å². The van der Waals surface area contributed by atoms with Crippen LogP contribution < -0.4 is 9.30 Å². The molecule has 144 valence electrons. The quantitative estimate of drug-likeness (QED) is 0.322. The van der Waals surface area contributed by atoms with Crippen molar-refractivity contribution in [2.45, 2.75) is 46.0 Å². The first-order valence-corrected chi connectivity index (χ1v) is 10.4. The number of aryl methyl sites for hydroxylation is 4. The number of aromatic nitrogens is 2. The highest BCUT2D eigenvalue weighted by atomic mass is 16.5. The van der Waals surface area contributed by atoms with Crippen LogP contribution >= 0.6 is 0 Å². The monoisotopic (exact) mass is 381 g/mol. The zero-order valence-corrected chi connectivity index (χ0v) is 17.7. The molecule has 1 aliphatic carbocycles. The molecule has 1 aromatic heterocycles. The molecule has 2 heterocycles. The van der Waals surface area contributed by atoms with E-state index in [-0.39, 0.29) is 5.41 Å². The maximum Gasteiger partial charge on any atom is 0.287 e. The molecule has 0 saturated heterocycles. The van der Waals surface area contributed by atoms with Gasteiger partial charge in [0, 0.05) is 5.56 Å². The van der Waals surface area contributed by atoms with Gasteiger partial charge in [0.2, 0.25) is 0 Å². The first-order chi connectivity index (χ1) is 13.8. The Hall–Kier alpha value is -2.94. The van der Waals surface area contributed by atoms with Crippen molar-refractivity contribution in [1.29, 1.82) is 0 Å². The largest absolute Gasteiger partial charge is 0.455 e. The molecule has 1 aliphatic heterocycles. The van der Waals surface area contributed by atoms with Crippen LogP contribution in [0.5, 0.6) is 11.5 Å². The first-order valence-electron chi connectivity index (χ1n) is 10.4. The van der Waals surface area contributed by atoms with Crippen LogP contribution in [0.4, 0.5) is 0 Å². The van der Waals surface area contributed by atoms with E-state index in [2.05, 4.69) is 69.6 Å². The molecule has 4 aromatic rings. The molecule has 0 N–H and O–H groups in total. The molecule has 0 atom stereocenters. The summed E-state index contributed by atoms with van der Waals surface area (Å²) in [6.45, 7) is 8.96. The van der Waals surface area contributed by atoms with Crippen molar-refractivity contribution >= 4 is 21.7 Å². The second kappa shape index (κ2) is 5.35. The van der Waals surface area contributed by atoms with Crippen LogP contribution in [0.1, 0.15) is 43.0 Å². The van der Waals surface area contributed by atoms with Gasteiger partial charge in [-0.3, -0.25) is 0 Å². The fourth-order valence-corrected chi connectivity index (χ4v) is 5.19. The maximum atomic E-state index is 6.73. The van der Waals surface area contributed by atoms with Crippen molar-refractivity contribution in [1.82, 2.24) is 4.98 Å². The molecular formula is C26H25N2O+. The van der Waals surface area contributed by atoms with Gasteiger partial charge in [0.05, 0.1) is 12.6 Å². The summed E-state index contributed by atoms with van der Waals surface area (Å²) in [7, 11) is 2.09. The van der Waals surface area contributed by atoms with Gasteiger partial charge in [0.1, 0.15) is 16.9 Å². The lowest BCUT2D eigenvalue weighted by Gasteiger charge is -2.26. The second-order valence-electron chi connectivity index (χ2n) is 9.57. The lowest BCUT2D eigenvalue weighted by Crippen LogP contribution is -2.33. The maximum absolute atomic E-state index is 6.73. The second-order valence-corrected chi connectivity index (χ2v) is 9.57. The van der Waals surface area contributed by atoms with Crippen molar-refractivity contribution in [2.24, 2.45) is 7.05 Å². The minimum absolute atomic E-state index is 0.0391. The third-order valence-corrected chi connectivity index (χ3v) is 6.73. The summed E-state index contributed by atoms with van der Waals surface area (Å²) in [6, 6.07) is 11.2. The summed E-state index contributed by atoms with van der Waals surface area (Å²) in [6.07, 6.45) is 4.09. The predicted molar refractivity (Wildman–Crippen MR) is 117 cm³/mol. The number of hydrogen-bond donors (Lipinski definition) is 0. The molecule has 0 spiro atoms. The standard InChI is InChI=1S/C26H25N2O/c1-14-17-8-6-7-15-9-10-18(22(15)17)25-21(14)24-23-19(27-13-28(24)5)11-16(26(2,3)4)12-20(23)29-25/h6-8,11-13H,9-10H2,1-5H3/q+1. The summed E-state index contributed by atoms with van der Waals surface area (Å²) in [5.41, 5.74) is 8.88. The Morgan fingerprint density at radius 1 is 1.07 bits per heavy atom. The van der Waals surface area contributed by atoms with E-state index in [0.29, 0.717) is 0 Å². The van der Waals surface area contributed by atoms with Gasteiger partial charge in [0.25, 0.3) is 6.33 Å². The lowest BCUT2D eigenvalue weighted by molar-refractivity contribution is -0.662. The third kappa shape index (κ3) is 2.13. The smallest absolute Gasteiger partial charge is 0.287 e. The fraction of sp³-hybridized carbons (Fsp3) is 0.308. The molecule has 2 aliphatic rings. The van der Waals surface area contributed by atoms with E-state index in [4.69, 9.17) is 9.72 Å². The van der Waals surface area contributed by atoms with Crippen LogP contribution in [0.25, 0.3) is 32.9 Å². The number of fused-ring (bicyclic) bond motifs is 3. The van der Waals surface area contributed by atoms with E-state index in [0.717, 1.165) is 35.2 Å². The Labute approximate surface area is 171 Å². The van der Waals surface area contributed by atoms with Crippen LogP contribution in [0.2, 0.25) is 0 Å². The van der Waals surface area contributed by atoms with Crippen LogP contribution in [-0.2, 0) is 25.3 Å². The lowest BCUT2D eigenvalue weighted by atomic mass is 9.84. The fourth-order valence-electron chi connectivity index (χ4n) is 5.19. The first kappa shape index (κ1) is 17.0. The van der Waals surface area contributed by atoms with Crippen LogP contribution in [0, 0.1) is 6.92 Å². The zero-order valence-electron chi connectivity index (χ0n) is 17.7. The highest BCUT2D eigenvalue weighted by molar-refractivity contribution is 6.07. The summed E-state index contributed by atoms with van der Waals surface area (Å²) >= 11 is 0. The van der Waals surface area contributed by atoms with Crippen molar-refractivity contribution in [3.05, 3.63) is 58.9 Å². The van der Waals surface area contributed by atoms with Crippen molar-refractivity contribution in [3.63, 3.8) is 0 Å². The highest BCUT2D eigenvalue weighted by Gasteiger charge is 2.34. The van der Waals surface area contributed by atoms with E-state index < -0.39 is 0 Å².